The molecule has 1 aliphatic heterocycles. The Morgan fingerprint density at radius 2 is 1.96 bits per heavy atom. The van der Waals surface area contributed by atoms with Gasteiger partial charge in [0.15, 0.2) is 0 Å². The molecule has 0 unspecified atom stereocenters. The van der Waals surface area contributed by atoms with Gasteiger partial charge in [0.05, 0.1) is 10.7 Å². The summed E-state index contributed by atoms with van der Waals surface area (Å²) < 4.78 is 12.9. The highest BCUT2D eigenvalue weighted by Crippen LogP contribution is 2.30. The highest BCUT2D eigenvalue weighted by atomic mass is 35.5. The third kappa shape index (κ3) is 3.57. The quantitative estimate of drug-likeness (QED) is 0.920. The molecule has 0 atom stereocenters. The molecule has 1 aliphatic rings. The minimum absolute atomic E-state index is 0.0146. The molecule has 2 aromatic rings. The number of hydrogen-bond acceptors (Lipinski definition) is 2. The Bertz CT molecular complexity index is 777. The first-order valence-electron chi connectivity index (χ1n) is 7.67. The van der Waals surface area contributed by atoms with Gasteiger partial charge < -0.3 is 10.2 Å². The van der Waals surface area contributed by atoms with E-state index in [1.165, 1.54) is 12.1 Å². The molecule has 1 N–H and O–H groups in total. The molecule has 1 heterocycles. The Hall–Kier alpha value is -2.40. The first kappa shape index (κ1) is 16.5. The maximum Gasteiger partial charge on any atom is 0.251 e. The molecular weight excluding hydrogens is 331 g/mol. The molecule has 2 amide bonds. The third-order valence-electron chi connectivity index (χ3n) is 3.94. The van der Waals surface area contributed by atoms with Crippen LogP contribution in [0.4, 0.5) is 10.1 Å². The highest BCUT2D eigenvalue weighted by molar-refractivity contribution is 6.34. The van der Waals surface area contributed by atoms with E-state index in [2.05, 4.69) is 5.32 Å². The van der Waals surface area contributed by atoms with Crippen LogP contribution in [-0.2, 0) is 11.3 Å². The summed E-state index contributed by atoms with van der Waals surface area (Å²) in [5.41, 5.74) is 1.79. The van der Waals surface area contributed by atoms with Gasteiger partial charge in [-0.05, 0) is 42.3 Å². The summed E-state index contributed by atoms with van der Waals surface area (Å²) in [6, 6.07) is 10.8. The average molecular weight is 347 g/mol. The second-order valence-corrected chi connectivity index (χ2v) is 6.03. The Morgan fingerprint density at radius 1 is 1.21 bits per heavy atom. The SMILES string of the molecule is O=C(NCc1ccc(F)cc1)c1ccc(Cl)c(N2CCCC2=O)c1. The van der Waals surface area contributed by atoms with Crippen molar-refractivity contribution in [3.8, 4) is 0 Å². The van der Waals surface area contributed by atoms with Gasteiger partial charge in [-0.15, -0.1) is 0 Å². The van der Waals surface area contributed by atoms with Crippen molar-refractivity contribution in [1.29, 1.82) is 0 Å². The Balaban J connectivity index is 1.73. The second kappa shape index (κ2) is 7.01. The van der Waals surface area contributed by atoms with Crippen molar-refractivity contribution < 1.29 is 14.0 Å². The predicted molar refractivity (Wildman–Crippen MR) is 90.6 cm³/mol. The van der Waals surface area contributed by atoms with Gasteiger partial charge in [-0.3, -0.25) is 9.59 Å². The summed E-state index contributed by atoms with van der Waals surface area (Å²) in [5.74, 6) is -0.577. The van der Waals surface area contributed by atoms with Crippen molar-refractivity contribution in [2.45, 2.75) is 19.4 Å². The van der Waals surface area contributed by atoms with Crippen LogP contribution in [0.15, 0.2) is 42.5 Å². The molecule has 6 heteroatoms. The van der Waals surface area contributed by atoms with Crippen LogP contribution in [0, 0.1) is 5.82 Å². The van der Waals surface area contributed by atoms with Crippen molar-refractivity contribution in [1.82, 2.24) is 5.32 Å². The van der Waals surface area contributed by atoms with Crippen molar-refractivity contribution in [2.24, 2.45) is 0 Å². The second-order valence-electron chi connectivity index (χ2n) is 5.62. The number of nitrogens with zero attached hydrogens (tertiary/aromatic N) is 1. The summed E-state index contributed by atoms with van der Waals surface area (Å²) in [6.07, 6.45) is 1.29. The summed E-state index contributed by atoms with van der Waals surface area (Å²) in [7, 11) is 0. The zero-order valence-electron chi connectivity index (χ0n) is 12.9. The van der Waals surface area contributed by atoms with Crippen molar-refractivity contribution >= 4 is 29.1 Å². The molecule has 0 radical (unpaired) electrons. The predicted octanol–water partition coefficient (Wildman–Crippen LogP) is 3.54. The highest BCUT2D eigenvalue weighted by Gasteiger charge is 2.24. The molecular formula is C18H16ClFN2O2. The van der Waals surface area contributed by atoms with Gasteiger partial charge in [0.2, 0.25) is 5.91 Å². The minimum atomic E-state index is -0.317. The van der Waals surface area contributed by atoms with Crippen LogP contribution in [0.2, 0.25) is 5.02 Å². The molecule has 3 rings (SSSR count). The lowest BCUT2D eigenvalue weighted by molar-refractivity contribution is -0.117. The zero-order valence-corrected chi connectivity index (χ0v) is 13.6. The van der Waals surface area contributed by atoms with Crippen molar-refractivity contribution in [3.63, 3.8) is 0 Å². The number of carbonyl (C=O) groups is 2. The molecule has 0 aromatic heterocycles. The van der Waals surface area contributed by atoms with Crippen LogP contribution in [0.5, 0.6) is 0 Å². The molecule has 0 bridgehead atoms. The van der Waals surface area contributed by atoms with Crippen LogP contribution < -0.4 is 10.2 Å². The largest absolute Gasteiger partial charge is 0.348 e. The third-order valence-corrected chi connectivity index (χ3v) is 4.26. The van der Waals surface area contributed by atoms with Gasteiger partial charge in [-0.1, -0.05) is 23.7 Å². The van der Waals surface area contributed by atoms with Crippen LogP contribution in [0.25, 0.3) is 0 Å². The van der Waals surface area contributed by atoms with Crippen LogP contribution >= 0.6 is 11.6 Å². The Kier molecular flexibility index (Phi) is 4.81. The molecule has 1 fully saturated rings. The Morgan fingerprint density at radius 3 is 2.62 bits per heavy atom. The van der Waals surface area contributed by atoms with E-state index in [0.717, 1.165) is 12.0 Å². The first-order valence-corrected chi connectivity index (χ1v) is 8.05. The molecule has 124 valence electrons. The maximum atomic E-state index is 12.9. The van der Waals surface area contributed by atoms with E-state index in [9.17, 15) is 14.0 Å². The summed E-state index contributed by atoms with van der Waals surface area (Å²) >= 11 is 6.17. The number of amides is 2. The average Bonchev–Trinajstić information content (AvgIpc) is 3.00. The first-order chi connectivity index (χ1) is 11.5. The van der Waals surface area contributed by atoms with Gasteiger partial charge in [0.25, 0.3) is 5.91 Å². The topological polar surface area (TPSA) is 49.4 Å². The van der Waals surface area contributed by atoms with E-state index in [-0.39, 0.29) is 17.6 Å². The number of benzene rings is 2. The molecule has 0 aliphatic carbocycles. The van der Waals surface area contributed by atoms with Gasteiger partial charge in [0.1, 0.15) is 5.82 Å². The molecule has 24 heavy (non-hydrogen) atoms. The fraction of sp³-hybridized carbons (Fsp3) is 0.222. The van der Waals surface area contributed by atoms with Crippen LogP contribution in [-0.4, -0.2) is 18.4 Å². The number of nitrogens with one attached hydrogen (secondary N) is 1. The number of halogens is 2. The lowest BCUT2D eigenvalue weighted by atomic mass is 10.1. The van der Waals surface area contributed by atoms with Gasteiger partial charge >= 0.3 is 0 Å². The van der Waals surface area contributed by atoms with Gasteiger partial charge in [0, 0.05) is 25.1 Å². The molecule has 0 spiro atoms. The fourth-order valence-corrected chi connectivity index (χ4v) is 2.87. The minimum Gasteiger partial charge on any atom is -0.348 e. The molecule has 0 saturated carbocycles. The molecule has 2 aromatic carbocycles. The van der Waals surface area contributed by atoms with Crippen molar-refractivity contribution in [2.75, 3.05) is 11.4 Å². The van der Waals surface area contributed by atoms with Gasteiger partial charge in [-0.25, -0.2) is 4.39 Å². The molecule has 4 nitrogen and oxygen atoms in total. The maximum absolute atomic E-state index is 12.9. The Labute approximate surface area is 144 Å². The normalized spacial score (nSPS) is 14.1. The lowest BCUT2D eigenvalue weighted by Gasteiger charge is -2.18. The lowest BCUT2D eigenvalue weighted by Crippen LogP contribution is -2.26. The number of rotatable bonds is 4. The van der Waals surface area contributed by atoms with E-state index in [1.54, 1.807) is 35.2 Å². The monoisotopic (exact) mass is 346 g/mol. The van der Waals surface area contributed by atoms with E-state index in [4.69, 9.17) is 11.6 Å². The fourth-order valence-electron chi connectivity index (χ4n) is 2.65. The number of carbonyl (C=O) groups excluding carboxylic acids is 2. The van der Waals surface area contributed by atoms with Crippen molar-refractivity contribution in [3.05, 3.63) is 64.4 Å². The van der Waals surface area contributed by atoms with E-state index >= 15 is 0 Å². The van der Waals surface area contributed by atoms with Crippen LogP contribution in [0.1, 0.15) is 28.8 Å². The number of anilines is 1. The number of hydrogen-bond donors (Lipinski definition) is 1. The molecule has 1 saturated heterocycles. The van der Waals surface area contributed by atoms with Gasteiger partial charge in [-0.2, -0.15) is 0 Å². The summed E-state index contributed by atoms with van der Waals surface area (Å²) in [5, 5.41) is 3.22. The summed E-state index contributed by atoms with van der Waals surface area (Å²) in [6.45, 7) is 0.902. The standard InChI is InChI=1S/C18H16ClFN2O2/c19-15-8-5-13(10-16(15)22-9-1-2-17(22)23)18(24)21-11-12-3-6-14(20)7-4-12/h3-8,10H,1-2,9,11H2,(H,21,24). The van der Waals surface area contributed by atoms with E-state index in [1.807, 2.05) is 0 Å². The smallest absolute Gasteiger partial charge is 0.251 e. The van der Waals surface area contributed by atoms with Crippen LogP contribution in [0.3, 0.4) is 0 Å². The van der Waals surface area contributed by atoms with E-state index in [0.29, 0.717) is 35.8 Å². The van der Waals surface area contributed by atoms with E-state index < -0.39 is 0 Å². The zero-order chi connectivity index (χ0) is 17.1. The summed E-state index contributed by atoms with van der Waals surface area (Å²) in [4.78, 5) is 25.8.